The molecule has 1 aromatic carbocycles. The molecule has 2 aliphatic rings. The van der Waals surface area contributed by atoms with Crippen LogP contribution in [0, 0.1) is 26.7 Å². The summed E-state index contributed by atoms with van der Waals surface area (Å²) in [7, 11) is 0. The van der Waals surface area contributed by atoms with Crippen LogP contribution < -0.4 is 4.90 Å². The maximum absolute atomic E-state index is 4.94. The third kappa shape index (κ3) is 3.36. The van der Waals surface area contributed by atoms with E-state index in [1.807, 2.05) is 0 Å². The van der Waals surface area contributed by atoms with Crippen LogP contribution >= 0.6 is 0 Å². The second kappa shape index (κ2) is 7.02. The quantitative estimate of drug-likeness (QED) is 0.726. The highest BCUT2D eigenvalue weighted by Crippen LogP contribution is 2.42. The Kier molecular flexibility index (Phi) is 4.73. The second-order valence-electron chi connectivity index (χ2n) is 8.30. The number of hydrogen-bond donors (Lipinski definition) is 0. The van der Waals surface area contributed by atoms with Crippen molar-refractivity contribution >= 4 is 5.82 Å². The molecule has 0 bridgehead atoms. The van der Waals surface area contributed by atoms with Crippen molar-refractivity contribution in [3.05, 3.63) is 52.0 Å². The minimum Gasteiger partial charge on any atom is -0.356 e. The Hall–Kier alpha value is -1.90. The first-order valence-corrected chi connectivity index (χ1v) is 10.3. The average Bonchev–Trinajstić information content (AvgIpc) is 3.32. The molecular weight excluding hydrogens is 318 g/mol. The fraction of sp³-hybridized carbons (Fsp3) is 0.565. The van der Waals surface area contributed by atoms with Crippen LogP contribution in [-0.2, 0) is 6.42 Å². The van der Waals surface area contributed by atoms with Gasteiger partial charge in [-0.15, -0.1) is 0 Å². The van der Waals surface area contributed by atoms with E-state index in [9.17, 15) is 0 Å². The Morgan fingerprint density at radius 2 is 1.88 bits per heavy atom. The van der Waals surface area contributed by atoms with Gasteiger partial charge in [0.1, 0.15) is 11.6 Å². The number of rotatable bonds is 6. The fourth-order valence-electron chi connectivity index (χ4n) is 4.50. The highest BCUT2D eigenvalue weighted by molar-refractivity contribution is 5.55. The lowest BCUT2D eigenvalue weighted by atomic mass is 9.91. The largest absolute Gasteiger partial charge is 0.356 e. The van der Waals surface area contributed by atoms with Gasteiger partial charge in [-0.3, -0.25) is 0 Å². The van der Waals surface area contributed by atoms with E-state index < -0.39 is 0 Å². The molecule has 1 saturated carbocycles. The lowest BCUT2D eigenvalue weighted by Gasteiger charge is -2.26. The van der Waals surface area contributed by atoms with E-state index in [4.69, 9.17) is 9.97 Å². The zero-order valence-corrected chi connectivity index (χ0v) is 16.7. The monoisotopic (exact) mass is 349 g/mol. The molecule has 26 heavy (non-hydrogen) atoms. The standard InChI is InChI=1S/C23H31N3/c1-5-12-26(14-18-7-8-18)23-21-11-10-20(22(21)24-17(4)25-23)19-9-6-15(2)13-16(19)3/h6,9,13,18,20H,5,7-8,10-12,14H2,1-4H3. The van der Waals surface area contributed by atoms with Crippen molar-refractivity contribution in [2.75, 3.05) is 18.0 Å². The van der Waals surface area contributed by atoms with Gasteiger partial charge in [-0.1, -0.05) is 30.7 Å². The SMILES string of the molecule is CCCN(CC1CC1)c1nc(C)nc2c1CCC2c1ccc(C)cc1C. The summed E-state index contributed by atoms with van der Waals surface area (Å²) in [6.07, 6.45) is 6.21. The molecule has 2 aromatic rings. The summed E-state index contributed by atoms with van der Waals surface area (Å²) in [6.45, 7) is 11.0. The fourth-order valence-corrected chi connectivity index (χ4v) is 4.50. The minimum absolute atomic E-state index is 0.426. The van der Waals surface area contributed by atoms with E-state index in [1.165, 1.54) is 59.6 Å². The maximum Gasteiger partial charge on any atom is 0.135 e. The molecule has 3 nitrogen and oxygen atoms in total. The molecule has 2 aliphatic carbocycles. The molecule has 138 valence electrons. The molecule has 1 aromatic heterocycles. The van der Waals surface area contributed by atoms with Gasteiger partial charge >= 0.3 is 0 Å². The number of aromatic nitrogens is 2. The van der Waals surface area contributed by atoms with E-state index in [2.05, 4.69) is 50.8 Å². The molecule has 3 heteroatoms. The van der Waals surface area contributed by atoms with Crippen LogP contribution in [0.15, 0.2) is 18.2 Å². The van der Waals surface area contributed by atoms with Gasteiger partial charge in [0.05, 0.1) is 5.69 Å². The summed E-state index contributed by atoms with van der Waals surface area (Å²) in [4.78, 5) is 12.4. The smallest absolute Gasteiger partial charge is 0.135 e. The molecule has 0 radical (unpaired) electrons. The lowest BCUT2D eigenvalue weighted by Crippen LogP contribution is -2.29. The number of nitrogens with zero attached hydrogens (tertiary/aromatic N) is 3. The van der Waals surface area contributed by atoms with Gasteiger partial charge < -0.3 is 4.90 Å². The molecule has 1 fully saturated rings. The summed E-state index contributed by atoms with van der Waals surface area (Å²) >= 11 is 0. The van der Waals surface area contributed by atoms with E-state index in [0.29, 0.717) is 5.92 Å². The van der Waals surface area contributed by atoms with Crippen LogP contribution in [0.1, 0.15) is 72.3 Å². The Morgan fingerprint density at radius 3 is 2.58 bits per heavy atom. The summed E-state index contributed by atoms with van der Waals surface area (Å²) in [5.41, 5.74) is 6.88. The van der Waals surface area contributed by atoms with Crippen molar-refractivity contribution in [1.29, 1.82) is 0 Å². The van der Waals surface area contributed by atoms with Crippen LogP contribution in [0.3, 0.4) is 0 Å². The van der Waals surface area contributed by atoms with Crippen molar-refractivity contribution < 1.29 is 0 Å². The van der Waals surface area contributed by atoms with E-state index in [1.54, 1.807) is 0 Å². The van der Waals surface area contributed by atoms with Gasteiger partial charge in [-0.25, -0.2) is 9.97 Å². The molecule has 1 unspecified atom stereocenters. The van der Waals surface area contributed by atoms with Gasteiger partial charge in [0.25, 0.3) is 0 Å². The van der Waals surface area contributed by atoms with Crippen molar-refractivity contribution in [2.24, 2.45) is 5.92 Å². The zero-order valence-electron chi connectivity index (χ0n) is 16.7. The Balaban J connectivity index is 1.73. The first-order valence-electron chi connectivity index (χ1n) is 10.3. The molecule has 1 atom stereocenters. The molecule has 0 spiro atoms. The van der Waals surface area contributed by atoms with Crippen LogP contribution in [-0.4, -0.2) is 23.1 Å². The predicted octanol–water partition coefficient (Wildman–Crippen LogP) is 5.11. The highest BCUT2D eigenvalue weighted by Gasteiger charge is 2.33. The summed E-state index contributed by atoms with van der Waals surface area (Å²) in [5.74, 6) is 3.46. The number of hydrogen-bond acceptors (Lipinski definition) is 3. The van der Waals surface area contributed by atoms with Crippen LogP contribution in [0.5, 0.6) is 0 Å². The topological polar surface area (TPSA) is 29.0 Å². The molecule has 1 heterocycles. The van der Waals surface area contributed by atoms with Gasteiger partial charge in [0.15, 0.2) is 0 Å². The number of anilines is 1. The Labute approximate surface area is 157 Å². The van der Waals surface area contributed by atoms with Gasteiger partial charge in [0.2, 0.25) is 0 Å². The molecule has 0 saturated heterocycles. The number of fused-ring (bicyclic) bond motifs is 1. The van der Waals surface area contributed by atoms with Crippen molar-refractivity contribution in [3.8, 4) is 0 Å². The lowest BCUT2D eigenvalue weighted by molar-refractivity contribution is 0.691. The van der Waals surface area contributed by atoms with Crippen LogP contribution in [0.4, 0.5) is 5.82 Å². The summed E-state index contributed by atoms with van der Waals surface area (Å²) in [6, 6.07) is 6.86. The van der Waals surface area contributed by atoms with Gasteiger partial charge in [-0.2, -0.15) is 0 Å². The highest BCUT2D eigenvalue weighted by atomic mass is 15.2. The normalized spacial score (nSPS) is 18.8. The van der Waals surface area contributed by atoms with E-state index in [0.717, 1.165) is 31.1 Å². The average molecular weight is 350 g/mol. The van der Waals surface area contributed by atoms with Crippen molar-refractivity contribution in [3.63, 3.8) is 0 Å². The Bertz CT molecular complexity index is 807. The van der Waals surface area contributed by atoms with Gasteiger partial charge in [-0.05, 0) is 69.9 Å². The molecule has 0 N–H and O–H groups in total. The van der Waals surface area contributed by atoms with Crippen LogP contribution in [0.25, 0.3) is 0 Å². The second-order valence-corrected chi connectivity index (χ2v) is 8.30. The first-order chi connectivity index (χ1) is 12.6. The minimum atomic E-state index is 0.426. The first kappa shape index (κ1) is 17.5. The predicted molar refractivity (Wildman–Crippen MR) is 108 cm³/mol. The molecule has 0 aliphatic heterocycles. The van der Waals surface area contributed by atoms with E-state index in [-0.39, 0.29) is 0 Å². The van der Waals surface area contributed by atoms with Crippen LogP contribution in [0.2, 0.25) is 0 Å². The van der Waals surface area contributed by atoms with Crippen molar-refractivity contribution in [1.82, 2.24) is 9.97 Å². The van der Waals surface area contributed by atoms with Gasteiger partial charge in [0, 0.05) is 24.6 Å². The Morgan fingerprint density at radius 1 is 1.08 bits per heavy atom. The third-order valence-corrected chi connectivity index (χ3v) is 5.91. The zero-order chi connectivity index (χ0) is 18.3. The number of aryl methyl sites for hydroxylation is 3. The van der Waals surface area contributed by atoms with Crippen molar-refractivity contribution in [2.45, 2.75) is 65.7 Å². The maximum atomic E-state index is 4.94. The summed E-state index contributed by atoms with van der Waals surface area (Å²) < 4.78 is 0. The third-order valence-electron chi connectivity index (χ3n) is 5.91. The summed E-state index contributed by atoms with van der Waals surface area (Å²) in [5, 5.41) is 0. The molecule has 4 rings (SSSR count). The molecule has 0 amide bonds. The molecular formula is C23H31N3. The van der Waals surface area contributed by atoms with E-state index >= 15 is 0 Å². The number of benzene rings is 1.